The SMILES string of the molecule is CC[C@H](C)[C@@H]1NC(=O)CCCN(C(=O)CCc2c(C)nn(C)c2C)CCCNC(=O)Cn2nc(Cc3ccc(OC)c(OC)c3)nc2[C@@H](C)NC1=O. The van der Waals surface area contributed by atoms with Crippen LogP contribution in [0.3, 0.4) is 0 Å². The normalized spacial score (nSPS) is 18.7. The molecule has 15 heteroatoms. The first-order chi connectivity index (χ1) is 24.8. The monoisotopic (exact) mass is 721 g/mol. The molecule has 1 aliphatic heterocycles. The Morgan fingerprint density at radius 3 is 2.42 bits per heavy atom. The Morgan fingerprint density at radius 2 is 1.75 bits per heavy atom. The van der Waals surface area contributed by atoms with Crippen LogP contribution >= 0.6 is 0 Å². The molecule has 0 spiro atoms. The Bertz CT molecular complexity index is 1720. The Kier molecular flexibility index (Phi) is 14.2. The molecular formula is C37H55N9O6. The molecule has 52 heavy (non-hydrogen) atoms. The van der Waals surface area contributed by atoms with Gasteiger partial charge in [0.15, 0.2) is 17.3 Å². The van der Waals surface area contributed by atoms with Gasteiger partial charge < -0.3 is 30.3 Å². The number of nitrogens with zero attached hydrogens (tertiary/aromatic N) is 6. The van der Waals surface area contributed by atoms with Crippen molar-refractivity contribution >= 4 is 23.6 Å². The number of hydrogen-bond donors (Lipinski definition) is 3. The van der Waals surface area contributed by atoms with Crippen LogP contribution < -0.4 is 25.4 Å². The molecule has 0 unspecified atom stereocenters. The zero-order chi connectivity index (χ0) is 37.9. The second kappa shape index (κ2) is 18.5. The molecular weight excluding hydrogens is 666 g/mol. The fourth-order valence-electron chi connectivity index (χ4n) is 6.45. The third-order valence-electron chi connectivity index (χ3n) is 9.77. The Hall–Kier alpha value is -4.95. The summed E-state index contributed by atoms with van der Waals surface area (Å²) in [4.78, 5) is 60.1. The fraction of sp³-hybridized carbons (Fsp3) is 0.595. The van der Waals surface area contributed by atoms with Crippen LogP contribution in [0.2, 0.25) is 0 Å². The molecule has 3 heterocycles. The molecule has 4 rings (SSSR count). The van der Waals surface area contributed by atoms with Crippen molar-refractivity contribution in [3.63, 3.8) is 0 Å². The predicted octanol–water partition coefficient (Wildman–Crippen LogP) is 2.71. The number of aryl methyl sites for hydroxylation is 2. The molecule has 3 N–H and O–H groups in total. The van der Waals surface area contributed by atoms with Gasteiger partial charge in [0, 0.05) is 51.6 Å². The average Bonchev–Trinajstić information content (AvgIpc) is 3.62. The third kappa shape index (κ3) is 10.3. The van der Waals surface area contributed by atoms with Gasteiger partial charge in [-0.1, -0.05) is 26.3 Å². The topological polar surface area (TPSA) is 175 Å². The number of amides is 4. The summed E-state index contributed by atoms with van der Waals surface area (Å²) in [5, 5.41) is 18.0. The summed E-state index contributed by atoms with van der Waals surface area (Å²) in [5.74, 6) is 0.982. The van der Waals surface area contributed by atoms with Gasteiger partial charge >= 0.3 is 0 Å². The number of nitrogens with one attached hydrogen (secondary N) is 3. The number of methoxy groups -OCH3 is 2. The summed E-state index contributed by atoms with van der Waals surface area (Å²) in [6.07, 6.45) is 3.01. The van der Waals surface area contributed by atoms with Crippen LogP contribution in [-0.2, 0) is 45.6 Å². The van der Waals surface area contributed by atoms with Crippen molar-refractivity contribution in [2.45, 2.75) is 98.2 Å². The van der Waals surface area contributed by atoms with Crippen molar-refractivity contribution in [3.05, 3.63) is 52.4 Å². The molecule has 1 aliphatic rings. The van der Waals surface area contributed by atoms with E-state index in [9.17, 15) is 19.2 Å². The summed E-state index contributed by atoms with van der Waals surface area (Å²) in [5.41, 5.74) is 3.87. The number of ether oxygens (including phenoxy) is 2. The van der Waals surface area contributed by atoms with E-state index in [0.29, 0.717) is 81.3 Å². The highest BCUT2D eigenvalue weighted by Crippen LogP contribution is 2.28. The predicted molar refractivity (Wildman–Crippen MR) is 195 cm³/mol. The van der Waals surface area contributed by atoms with Crippen molar-refractivity contribution in [2.75, 3.05) is 33.9 Å². The number of carbonyl (C=O) groups excluding carboxylic acids is 4. The lowest BCUT2D eigenvalue weighted by molar-refractivity contribution is -0.132. The molecule has 284 valence electrons. The first-order valence-electron chi connectivity index (χ1n) is 18.1. The highest BCUT2D eigenvalue weighted by atomic mass is 16.5. The molecule has 0 saturated carbocycles. The van der Waals surface area contributed by atoms with Crippen LogP contribution in [0.25, 0.3) is 0 Å². The minimum absolute atomic E-state index is 0.0242. The maximum absolute atomic E-state index is 13.7. The van der Waals surface area contributed by atoms with Crippen molar-refractivity contribution in [1.29, 1.82) is 0 Å². The van der Waals surface area contributed by atoms with Gasteiger partial charge in [-0.15, -0.1) is 0 Å². The zero-order valence-electron chi connectivity index (χ0n) is 31.9. The molecule has 0 saturated heterocycles. The van der Waals surface area contributed by atoms with E-state index in [1.165, 1.54) is 4.68 Å². The number of aromatic nitrogens is 5. The van der Waals surface area contributed by atoms with Gasteiger partial charge in [-0.3, -0.25) is 23.9 Å². The molecule has 0 bridgehead atoms. The van der Waals surface area contributed by atoms with Crippen LogP contribution in [0, 0.1) is 19.8 Å². The standard InChI is InChI=1S/C37H55N9O6/c1-9-23(2)35-37(50)39-25(4)36-40-31(21-27-13-15-29(51-7)30(20-27)52-8)43-46(36)22-33(48)38-17-11-19-45(18-10-12-32(47)41-35)34(49)16-14-28-24(3)42-44(6)26(28)5/h13,15,20,23,25,35H,9-12,14,16-19,21-22H2,1-8H3,(H,38,48)(H,39,50)(H,41,47)/t23-,25+,35-/m0/s1. The average molecular weight is 722 g/mol. The van der Waals surface area contributed by atoms with Crippen LogP contribution in [0.4, 0.5) is 0 Å². The molecule has 1 aromatic carbocycles. The van der Waals surface area contributed by atoms with Crippen molar-refractivity contribution in [2.24, 2.45) is 13.0 Å². The molecule has 0 radical (unpaired) electrons. The van der Waals surface area contributed by atoms with Gasteiger partial charge in [0.05, 0.1) is 26.0 Å². The summed E-state index contributed by atoms with van der Waals surface area (Å²) in [6, 6.07) is 4.14. The van der Waals surface area contributed by atoms with Gasteiger partial charge in [0.1, 0.15) is 18.4 Å². The number of rotatable bonds is 9. The summed E-state index contributed by atoms with van der Waals surface area (Å²) < 4.78 is 14.1. The van der Waals surface area contributed by atoms with Crippen LogP contribution in [0.1, 0.15) is 93.1 Å². The first kappa shape index (κ1) is 39.8. The second-order valence-electron chi connectivity index (χ2n) is 13.5. The highest BCUT2D eigenvalue weighted by molar-refractivity contribution is 5.88. The maximum Gasteiger partial charge on any atom is 0.243 e. The summed E-state index contributed by atoms with van der Waals surface area (Å²) in [6.45, 7) is 10.6. The van der Waals surface area contributed by atoms with Crippen molar-refractivity contribution in [1.82, 2.24) is 45.4 Å². The van der Waals surface area contributed by atoms with E-state index >= 15 is 0 Å². The summed E-state index contributed by atoms with van der Waals surface area (Å²) in [7, 11) is 5.03. The minimum atomic E-state index is -0.784. The molecule has 15 nitrogen and oxygen atoms in total. The maximum atomic E-state index is 13.7. The van der Waals surface area contributed by atoms with E-state index in [2.05, 4.69) is 26.1 Å². The Balaban J connectivity index is 1.55. The highest BCUT2D eigenvalue weighted by Gasteiger charge is 2.29. The second-order valence-corrected chi connectivity index (χ2v) is 13.5. The largest absolute Gasteiger partial charge is 0.493 e. The molecule has 2 aromatic heterocycles. The Labute approximate surface area is 306 Å². The lowest BCUT2D eigenvalue weighted by Crippen LogP contribution is -2.51. The molecule has 0 aliphatic carbocycles. The minimum Gasteiger partial charge on any atom is -0.493 e. The van der Waals surface area contributed by atoms with Crippen molar-refractivity contribution < 1.29 is 28.7 Å². The number of benzene rings is 1. The number of carbonyl (C=O) groups is 4. The number of hydrogen-bond acceptors (Lipinski definition) is 9. The van der Waals surface area contributed by atoms with Crippen LogP contribution in [0.5, 0.6) is 11.5 Å². The zero-order valence-corrected chi connectivity index (χ0v) is 31.9. The molecule has 4 amide bonds. The van der Waals surface area contributed by atoms with Gasteiger partial charge in [0.25, 0.3) is 0 Å². The lowest BCUT2D eigenvalue weighted by Gasteiger charge is -2.26. The van der Waals surface area contributed by atoms with E-state index in [4.69, 9.17) is 14.5 Å². The van der Waals surface area contributed by atoms with Crippen LogP contribution in [0.15, 0.2) is 18.2 Å². The van der Waals surface area contributed by atoms with Crippen molar-refractivity contribution in [3.8, 4) is 11.5 Å². The lowest BCUT2D eigenvalue weighted by atomic mass is 9.97. The fourth-order valence-corrected chi connectivity index (χ4v) is 6.45. The van der Waals surface area contributed by atoms with Gasteiger partial charge in [-0.2, -0.15) is 10.2 Å². The van der Waals surface area contributed by atoms with E-state index in [0.717, 1.165) is 22.5 Å². The van der Waals surface area contributed by atoms with Crippen LogP contribution in [-0.4, -0.2) is 93.0 Å². The summed E-state index contributed by atoms with van der Waals surface area (Å²) >= 11 is 0. The van der Waals surface area contributed by atoms with E-state index in [1.807, 2.05) is 51.6 Å². The smallest absolute Gasteiger partial charge is 0.243 e. The molecule has 3 atom stereocenters. The third-order valence-corrected chi connectivity index (χ3v) is 9.77. The van der Waals surface area contributed by atoms with E-state index in [-0.39, 0.29) is 42.5 Å². The quantitative estimate of drug-likeness (QED) is 0.300. The Morgan fingerprint density at radius 1 is 1.02 bits per heavy atom. The molecule has 3 aromatic rings. The molecule has 0 fully saturated rings. The number of fused-ring (bicyclic) bond motifs is 1. The van der Waals surface area contributed by atoms with E-state index in [1.54, 1.807) is 32.1 Å². The van der Waals surface area contributed by atoms with Gasteiger partial charge in [-0.25, -0.2) is 9.67 Å². The first-order valence-corrected chi connectivity index (χ1v) is 18.1. The van der Waals surface area contributed by atoms with Gasteiger partial charge in [-0.05, 0) is 69.2 Å². The van der Waals surface area contributed by atoms with E-state index < -0.39 is 12.1 Å². The van der Waals surface area contributed by atoms with Gasteiger partial charge in [0.2, 0.25) is 23.6 Å².